The maximum atomic E-state index is 11.6. The van der Waals surface area contributed by atoms with Crippen molar-refractivity contribution >= 4 is 33.2 Å². The van der Waals surface area contributed by atoms with Gasteiger partial charge in [0.1, 0.15) is 0 Å². The lowest BCUT2D eigenvalue weighted by molar-refractivity contribution is 0.0657. The number of amides is 1. The summed E-state index contributed by atoms with van der Waals surface area (Å²) < 4.78 is 0.997. The predicted molar refractivity (Wildman–Crippen MR) is 52.5 cm³/mol. The zero-order valence-electron chi connectivity index (χ0n) is 6.42. The van der Waals surface area contributed by atoms with Crippen molar-refractivity contribution in [3.05, 3.63) is 20.8 Å². The van der Waals surface area contributed by atoms with Gasteiger partial charge >= 0.3 is 0 Å². The molecule has 64 valence electrons. The molecule has 0 unspecified atom stereocenters. The molecule has 2 heterocycles. The topological polar surface area (TPSA) is 20.3 Å². The Labute approximate surface area is 83.3 Å². The van der Waals surface area contributed by atoms with Crippen molar-refractivity contribution in [1.29, 1.82) is 0 Å². The van der Waals surface area contributed by atoms with E-state index in [4.69, 9.17) is 0 Å². The summed E-state index contributed by atoms with van der Waals surface area (Å²) in [6.07, 6.45) is 1.15. The van der Waals surface area contributed by atoms with E-state index < -0.39 is 0 Å². The largest absolute Gasteiger partial charge is 0.338 e. The fraction of sp³-hybridized carbons (Fsp3) is 0.375. The molecule has 1 amide bonds. The number of nitrogens with zero attached hydrogens (tertiary/aromatic N) is 1. The van der Waals surface area contributed by atoms with Gasteiger partial charge in [0.05, 0.1) is 4.88 Å². The molecular weight excluding hydrogens is 238 g/mol. The first-order chi connectivity index (χ1) is 5.77. The van der Waals surface area contributed by atoms with Crippen molar-refractivity contribution < 1.29 is 4.79 Å². The van der Waals surface area contributed by atoms with Crippen LogP contribution in [0, 0.1) is 0 Å². The van der Waals surface area contributed by atoms with Gasteiger partial charge in [-0.05, 0) is 28.4 Å². The fourth-order valence-electron chi connectivity index (χ4n) is 1.10. The second-order valence-corrected chi connectivity index (χ2v) is 4.60. The average molecular weight is 246 g/mol. The molecule has 1 aliphatic heterocycles. The maximum Gasteiger partial charge on any atom is 0.263 e. The molecule has 1 saturated heterocycles. The summed E-state index contributed by atoms with van der Waals surface area (Å²) in [5, 5.41) is 1.94. The standard InChI is InChI=1S/C8H8BrNOS/c9-6-4-7(12-5-6)8(11)10-2-1-3-10/h4-5H,1-3H2. The van der Waals surface area contributed by atoms with Crippen molar-refractivity contribution in [3.63, 3.8) is 0 Å². The fourth-order valence-corrected chi connectivity index (χ4v) is 2.49. The zero-order chi connectivity index (χ0) is 8.55. The summed E-state index contributed by atoms with van der Waals surface area (Å²) in [7, 11) is 0. The van der Waals surface area contributed by atoms with E-state index in [2.05, 4.69) is 15.9 Å². The predicted octanol–water partition coefficient (Wildman–Crippen LogP) is 2.36. The van der Waals surface area contributed by atoms with Gasteiger partial charge in [-0.1, -0.05) is 0 Å². The Morgan fingerprint density at radius 3 is 2.75 bits per heavy atom. The van der Waals surface area contributed by atoms with E-state index in [1.807, 2.05) is 16.3 Å². The number of hydrogen-bond donors (Lipinski definition) is 0. The van der Waals surface area contributed by atoms with Crippen LogP contribution in [0.1, 0.15) is 16.1 Å². The van der Waals surface area contributed by atoms with Gasteiger partial charge in [0.15, 0.2) is 0 Å². The molecule has 0 spiro atoms. The molecule has 12 heavy (non-hydrogen) atoms. The van der Waals surface area contributed by atoms with Crippen LogP contribution in [0.2, 0.25) is 0 Å². The van der Waals surface area contributed by atoms with Gasteiger partial charge in [0.2, 0.25) is 0 Å². The Morgan fingerprint density at radius 2 is 2.33 bits per heavy atom. The molecule has 0 atom stereocenters. The lowest BCUT2D eigenvalue weighted by atomic mass is 10.2. The highest BCUT2D eigenvalue weighted by atomic mass is 79.9. The number of thiophene rings is 1. The maximum absolute atomic E-state index is 11.6. The highest BCUT2D eigenvalue weighted by molar-refractivity contribution is 9.10. The molecule has 2 nitrogen and oxygen atoms in total. The van der Waals surface area contributed by atoms with Crippen molar-refractivity contribution in [3.8, 4) is 0 Å². The molecule has 0 bridgehead atoms. The van der Waals surface area contributed by atoms with Gasteiger partial charge in [-0.3, -0.25) is 4.79 Å². The van der Waals surface area contributed by atoms with Gasteiger partial charge in [-0.2, -0.15) is 0 Å². The average Bonchev–Trinajstić information content (AvgIpc) is 2.31. The summed E-state index contributed by atoms with van der Waals surface area (Å²) in [6.45, 7) is 1.85. The van der Waals surface area contributed by atoms with Crippen molar-refractivity contribution in [2.24, 2.45) is 0 Å². The van der Waals surface area contributed by atoms with Crippen LogP contribution in [-0.4, -0.2) is 23.9 Å². The van der Waals surface area contributed by atoms with E-state index in [1.54, 1.807) is 0 Å². The lowest BCUT2D eigenvalue weighted by Crippen LogP contribution is -2.41. The molecule has 0 radical (unpaired) electrons. The van der Waals surface area contributed by atoms with Crippen LogP contribution >= 0.6 is 27.3 Å². The second-order valence-electron chi connectivity index (χ2n) is 2.77. The highest BCUT2D eigenvalue weighted by Crippen LogP contribution is 2.22. The van der Waals surface area contributed by atoms with Crippen LogP contribution in [0.25, 0.3) is 0 Å². The minimum absolute atomic E-state index is 0.178. The van der Waals surface area contributed by atoms with Crippen LogP contribution < -0.4 is 0 Å². The van der Waals surface area contributed by atoms with E-state index in [9.17, 15) is 4.79 Å². The second kappa shape index (κ2) is 3.18. The first-order valence-corrected chi connectivity index (χ1v) is 5.48. The summed E-state index contributed by atoms with van der Waals surface area (Å²) in [5.74, 6) is 0.178. The third-order valence-corrected chi connectivity index (χ3v) is 3.60. The molecule has 1 aromatic rings. The Morgan fingerprint density at radius 1 is 1.58 bits per heavy atom. The van der Waals surface area contributed by atoms with E-state index in [0.29, 0.717) is 0 Å². The van der Waals surface area contributed by atoms with Crippen LogP contribution in [-0.2, 0) is 0 Å². The molecule has 1 aliphatic rings. The number of rotatable bonds is 1. The highest BCUT2D eigenvalue weighted by Gasteiger charge is 2.22. The number of carbonyl (C=O) groups is 1. The van der Waals surface area contributed by atoms with Crippen LogP contribution in [0.5, 0.6) is 0 Å². The molecule has 1 fully saturated rings. The number of likely N-dealkylation sites (tertiary alicyclic amines) is 1. The molecular formula is C8H8BrNOS. The number of halogens is 1. The quantitative estimate of drug-likeness (QED) is 0.744. The van der Waals surface area contributed by atoms with Crippen molar-refractivity contribution in [2.75, 3.05) is 13.1 Å². The van der Waals surface area contributed by atoms with E-state index in [1.165, 1.54) is 11.3 Å². The zero-order valence-corrected chi connectivity index (χ0v) is 8.82. The summed E-state index contributed by atoms with van der Waals surface area (Å²) in [5.41, 5.74) is 0. The van der Waals surface area contributed by atoms with Crippen LogP contribution in [0.15, 0.2) is 15.9 Å². The third kappa shape index (κ3) is 1.41. The first-order valence-electron chi connectivity index (χ1n) is 3.81. The molecule has 0 N–H and O–H groups in total. The number of hydrogen-bond acceptors (Lipinski definition) is 2. The summed E-state index contributed by atoms with van der Waals surface area (Å²) in [6, 6.07) is 1.88. The SMILES string of the molecule is O=C(c1cc(Br)cs1)N1CCC1. The van der Waals surface area contributed by atoms with E-state index in [-0.39, 0.29) is 5.91 Å². The minimum atomic E-state index is 0.178. The van der Waals surface area contributed by atoms with Gasteiger partial charge in [-0.15, -0.1) is 11.3 Å². The van der Waals surface area contributed by atoms with E-state index >= 15 is 0 Å². The van der Waals surface area contributed by atoms with E-state index in [0.717, 1.165) is 28.9 Å². The Kier molecular flexibility index (Phi) is 2.19. The molecule has 4 heteroatoms. The smallest absolute Gasteiger partial charge is 0.263 e. The molecule has 2 rings (SSSR count). The van der Waals surface area contributed by atoms with Gasteiger partial charge in [-0.25, -0.2) is 0 Å². The molecule has 0 saturated carbocycles. The Hall–Kier alpha value is -0.350. The number of carbonyl (C=O) groups excluding carboxylic acids is 1. The summed E-state index contributed by atoms with van der Waals surface area (Å²) >= 11 is 4.83. The van der Waals surface area contributed by atoms with Crippen molar-refractivity contribution in [2.45, 2.75) is 6.42 Å². The Bertz CT molecular complexity index is 306. The molecule has 0 aliphatic carbocycles. The third-order valence-electron chi connectivity index (χ3n) is 1.92. The van der Waals surface area contributed by atoms with Gasteiger partial charge < -0.3 is 4.90 Å². The van der Waals surface area contributed by atoms with Crippen LogP contribution in [0.3, 0.4) is 0 Å². The summed E-state index contributed by atoms with van der Waals surface area (Å²) in [4.78, 5) is 14.3. The van der Waals surface area contributed by atoms with Crippen LogP contribution in [0.4, 0.5) is 0 Å². The molecule has 1 aromatic heterocycles. The lowest BCUT2D eigenvalue weighted by Gasteiger charge is -2.30. The van der Waals surface area contributed by atoms with Gasteiger partial charge in [0, 0.05) is 22.9 Å². The Balaban J connectivity index is 2.13. The normalized spacial score (nSPS) is 15.9. The monoisotopic (exact) mass is 245 g/mol. The first kappa shape index (κ1) is 8.26. The van der Waals surface area contributed by atoms with Crippen molar-refractivity contribution in [1.82, 2.24) is 4.90 Å². The van der Waals surface area contributed by atoms with Gasteiger partial charge in [0.25, 0.3) is 5.91 Å². The minimum Gasteiger partial charge on any atom is -0.338 e. The molecule has 0 aromatic carbocycles.